The number of ketones is 2. The topological polar surface area (TPSA) is 79.4 Å². The quantitative estimate of drug-likeness (QED) is 0.340. The molecular formula is C30H20ClN3O3S. The first-order chi connectivity index (χ1) is 18.5. The summed E-state index contributed by atoms with van der Waals surface area (Å²) in [5.41, 5.74) is 2.05. The van der Waals surface area contributed by atoms with E-state index in [1.807, 2.05) is 64.9 Å². The molecule has 3 aliphatic rings. The second-order valence-corrected chi connectivity index (χ2v) is 11.0. The SMILES string of the molecule is O=C(c1cccs1)[C@@H]1[C@@H](C(=O)c2ccncc2)[C@]2(C(=O)Nc3ccccc32)[C@H]2C=Cc3cc(Cl)ccc3N12. The number of hydrogen-bond donors (Lipinski definition) is 1. The van der Waals surface area contributed by atoms with E-state index in [0.29, 0.717) is 21.2 Å². The van der Waals surface area contributed by atoms with Crippen molar-refractivity contribution in [3.8, 4) is 0 Å². The van der Waals surface area contributed by atoms with Crippen molar-refractivity contribution in [3.05, 3.63) is 117 Å². The van der Waals surface area contributed by atoms with Gasteiger partial charge in [-0.05, 0) is 59.0 Å². The van der Waals surface area contributed by atoms with Gasteiger partial charge in [0.25, 0.3) is 0 Å². The molecule has 186 valence electrons. The number of nitrogens with zero attached hydrogens (tertiary/aromatic N) is 2. The molecule has 2 aromatic heterocycles. The van der Waals surface area contributed by atoms with Crippen molar-refractivity contribution in [2.24, 2.45) is 5.92 Å². The molecule has 3 aliphatic heterocycles. The number of carbonyl (C=O) groups is 3. The normalized spacial score (nSPS) is 24.6. The Kier molecular flexibility index (Phi) is 5.15. The lowest BCUT2D eigenvalue weighted by Crippen LogP contribution is -2.51. The van der Waals surface area contributed by atoms with E-state index in [2.05, 4.69) is 10.3 Å². The third kappa shape index (κ3) is 3.06. The predicted octanol–water partition coefficient (Wildman–Crippen LogP) is 5.65. The van der Waals surface area contributed by atoms with Gasteiger partial charge in [-0.15, -0.1) is 11.3 Å². The highest BCUT2D eigenvalue weighted by molar-refractivity contribution is 7.12. The first kappa shape index (κ1) is 23.1. The van der Waals surface area contributed by atoms with Gasteiger partial charge in [0.2, 0.25) is 5.91 Å². The molecule has 0 bridgehead atoms. The van der Waals surface area contributed by atoms with Crippen LogP contribution in [0.2, 0.25) is 5.02 Å². The third-order valence-electron chi connectivity index (χ3n) is 7.87. The van der Waals surface area contributed by atoms with Crippen molar-refractivity contribution >= 4 is 57.9 Å². The van der Waals surface area contributed by atoms with Crippen LogP contribution in [0.5, 0.6) is 0 Å². The van der Waals surface area contributed by atoms with Crippen molar-refractivity contribution in [2.45, 2.75) is 17.5 Å². The van der Waals surface area contributed by atoms with Crippen LogP contribution < -0.4 is 10.2 Å². The Bertz CT molecular complexity index is 1650. The van der Waals surface area contributed by atoms with Gasteiger partial charge >= 0.3 is 0 Å². The molecule has 8 heteroatoms. The van der Waals surface area contributed by atoms with E-state index in [0.717, 1.165) is 16.8 Å². The average molecular weight is 538 g/mol. The number of benzene rings is 2. The van der Waals surface area contributed by atoms with Crippen molar-refractivity contribution in [1.82, 2.24) is 4.98 Å². The molecule has 4 atom stereocenters. The monoisotopic (exact) mass is 537 g/mol. The molecule has 0 aliphatic carbocycles. The number of fused-ring (bicyclic) bond motifs is 6. The number of para-hydroxylation sites is 1. The molecule has 5 heterocycles. The summed E-state index contributed by atoms with van der Waals surface area (Å²) >= 11 is 7.66. The molecule has 1 spiro atoms. The first-order valence-corrected chi connectivity index (χ1v) is 13.5. The highest BCUT2D eigenvalue weighted by Gasteiger charge is 2.70. The van der Waals surface area contributed by atoms with E-state index in [4.69, 9.17) is 11.6 Å². The molecule has 0 radical (unpaired) electrons. The molecule has 1 amide bonds. The number of aromatic nitrogens is 1. The minimum atomic E-state index is -1.33. The first-order valence-electron chi connectivity index (χ1n) is 12.2. The van der Waals surface area contributed by atoms with E-state index < -0.39 is 23.4 Å². The zero-order valence-corrected chi connectivity index (χ0v) is 21.4. The number of halogens is 1. The molecule has 4 aromatic rings. The lowest BCUT2D eigenvalue weighted by Gasteiger charge is -2.37. The van der Waals surface area contributed by atoms with Crippen LogP contribution >= 0.6 is 22.9 Å². The van der Waals surface area contributed by atoms with E-state index in [1.54, 1.807) is 36.7 Å². The van der Waals surface area contributed by atoms with Crippen LogP contribution in [0.25, 0.3) is 6.08 Å². The zero-order chi connectivity index (χ0) is 26.0. The number of pyridine rings is 1. The summed E-state index contributed by atoms with van der Waals surface area (Å²) in [5, 5.41) is 5.44. The summed E-state index contributed by atoms with van der Waals surface area (Å²) in [6.45, 7) is 0. The summed E-state index contributed by atoms with van der Waals surface area (Å²) in [4.78, 5) is 49.7. The van der Waals surface area contributed by atoms with Crippen LogP contribution in [-0.2, 0) is 10.2 Å². The molecule has 38 heavy (non-hydrogen) atoms. The highest BCUT2D eigenvalue weighted by atomic mass is 35.5. The second kappa shape index (κ2) is 8.48. The van der Waals surface area contributed by atoms with Gasteiger partial charge in [-0.2, -0.15) is 0 Å². The Hall–Kier alpha value is -4.07. The number of rotatable bonds is 4. The van der Waals surface area contributed by atoms with Crippen LogP contribution in [0.15, 0.2) is 90.6 Å². The Morgan fingerprint density at radius 3 is 2.61 bits per heavy atom. The van der Waals surface area contributed by atoms with Crippen LogP contribution in [0, 0.1) is 5.92 Å². The lowest BCUT2D eigenvalue weighted by atomic mass is 9.64. The fourth-order valence-corrected chi connectivity index (χ4v) is 7.29. The van der Waals surface area contributed by atoms with E-state index in [9.17, 15) is 14.4 Å². The Morgan fingerprint density at radius 1 is 1.00 bits per heavy atom. The average Bonchev–Trinajstić information content (AvgIpc) is 3.65. The Labute approximate surface area is 227 Å². The van der Waals surface area contributed by atoms with E-state index in [-0.39, 0.29) is 17.5 Å². The fourth-order valence-electron chi connectivity index (χ4n) is 6.41. The molecular weight excluding hydrogens is 518 g/mol. The number of Topliss-reactive ketones (excluding diaryl/α,β-unsaturated/α-hetero) is 2. The van der Waals surface area contributed by atoms with E-state index in [1.165, 1.54) is 11.3 Å². The number of thiophene rings is 1. The maximum atomic E-state index is 14.5. The van der Waals surface area contributed by atoms with Gasteiger partial charge in [0.1, 0.15) is 11.5 Å². The fraction of sp³-hybridized carbons (Fsp3) is 0.133. The van der Waals surface area contributed by atoms with Crippen LogP contribution in [0.3, 0.4) is 0 Å². The standard InChI is InChI=1S/C30H20ClN3O3S/c31-19-8-9-22-18(16-19)7-10-24-30(20-4-1-2-5-21(20)33-29(30)37)25(27(35)17-11-13-32-14-12-17)26(34(22)24)28(36)23-6-3-15-38-23/h1-16,24-26H,(H,33,37)/t24-,25+,26+,30-/m1/s1. The smallest absolute Gasteiger partial charge is 0.238 e. The number of nitrogens with one attached hydrogen (secondary N) is 1. The Balaban J connectivity index is 1.55. The van der Waals surface area contributed by atoms with Gasteiger partial charge in [-0.3, -0.25) is 19.4 Å². The largest absolute Gasteiger partial charge is 0.352 e. The minimum Gasteiger partial charge on any atom is -0.352 e. The maximum absolute atomic E-state index is 14.5. The molecule has 6 nitrogen and oxygen atoms in total. The number of hydrogen-bond acceptors (Lipinski definition) is 6. The summed E-state index contributed by atoms with van der Waals surface area (Å²) in [6.07, 6.45) is 6.98. The van der Waals surface area contributed by atoms with Gasteiger partial charge in [-0.25, -0.2) is 0 Å². The van der Waals surface area contributed by atoms with Crippen molar-refractivity contribution < 1.29 is 14.4 Å². The summed E-state index contributed by atoms with van der Waals surface area (Å²) in [5.74, 6) is -1.75. The van der Waals surface area contributed by atoms with Gasteiger partial charge < -0.3 is 10.2 Å². The number of carbonyl (C=O) groups excluding carboxylic acids is 3. The van der Waals surface area contributed by atoms with Gasteiger partial charge in [0.05, 0.1) is 16.8 Å². The Morgan fingerprint density at radius 2 is 1.82 bits per heavy atom. The maximum Gasteiger partial charge on any atom is 0.238 e. The van der Waals surface area contributed by atoms with E-state index >= 15 is 0 Å². The highest BCUT2D eigenvalue weighted by Crippen LogP contribution is 2.58. The molecule has 1 saturated heterocycles. The summed E-state index contributed by atoms with van der Waals surface area (Å²) < 4.78 is 0. The van der Waals surface area contributed by atoms with Crippen molar-refractivity contribution in [2.75, 3.05) is 10.2 Å². The van der Waals surface area contributed by atoms with Crippen LogP contribution in [-0.4, -0.2) is 34.5 Å². The lowest BCUT2D eigenvalue weighted by molar-refractivity contribution is -0.121. The van der Waals surface area contributed by atoms with Gasteiger partial charge in [0.15, 0.2) is 11.6 Å². The summed E-state index contributed by atoms with van der Waals surface area (Å²) in [6, 6.07) is 18.3. The molecule has 1 N–H and O–H groups in total. The second-order valence-electron chi connectivity index (χ2n) is 9.65. The van der Waals surface area contributed by atoms with Crippen molar-refractivity contribution in [1.29, 1.82) is 0 Å². The minimum absolute atomic E-state index is 0.192. The molecule has 2 aromatic carbocycles. The molecule has 1 fully saturated rings. The van der Waals surface area contributed by atoms with Gasteiger partial charge in [-0.1, -0.05) is 48.0 Å². The summed E-state index contributed by atoms with van der Waals surface area (Å²) in [7, 11) is 0. The number of amides is 1. The molecule has 0 unspecified atom stereocenters. The zero-order valence-electron chi connectivity index (χ0n) is 19.9. The van der Waals surface area contributed by atoms with Crippen LogP contribution in [0.1, 0.15) is 31.2 Å². The molecule has 0 saturated carbocycles. The third-order valence-corrected chi connectivity index (χ3v) is 8.99. The molecule has 7 rings (SSSR count). The predicted molar refractivity (Wildman–Crippen MR) is 148 cm³/mol. The van der Waals surface area contributed by atoms with Gasteiger partial charge in [0, 0.05) is 34.4 Å². The van der Waals surface area contributed by atoms with Crippen molar-refractivity contribution in [3.63, 3.8) is 0 Å². The van der Waals surface area contributed by atoms with Crippen LogP contribution in [0.4, 0.5) is 11.4 Å². The number of anilines is 2.